The molecule has 2 amide bonds. The molecule has 2 aromatic heterocycles. The monoisotopic (exact) mass is 549 g/mol. The van der Waals surface area contributed by atoms with Gasteiger partial charge in [-0.3, -0.25) is 14.6 Å². The Kier molecular flexibility index (Phi) is 8.11. The molecule has 2 aliphatic rings. The Balaban J connectivity index is 1.31. The summed E-state index contributed by atoms with van der Waals surface area (Å²) in [5, 5.41) is 16.7. The quantitative estimate of drug-likeness (QED) is 0.390. The molecule has 0 saturated carbocycles. The summed E-state index contributed by atoms with van der Waals surface area (Å²) in [4.78, 5) is 36.9. The molecule has 0 spiro atoms. The number of aryl methyl sites for hydroxylation is 1. The lowest BCUT2D eigenvalue weighted by Crippen LogP contribution is -2.46. The van der Waals surface area contributed by atoms with Gasteiger partial charge in [0.2, 0.25) is 5.91 Å². The highest BCUT2D eigenvalue weighted by atomic mass is 35.5. The van der Waals surface area contributed by atoms with Crippen LogP contribution in [0.3, 0.4) is 0 Å². The number of aromatic nitrogens is 2. The average Bonchev–Trinajstić information content (AvgIpc) is 3.28. The average molecular weight is 550 g/mol. The summed E-state index contributed by atoms with van der Waals surface area (Å²) in [6, 6.07) is 11.9. The third-order valence-corrected chi connectivity index (χ3v) is 7.60. The number of nitrogens with one attached hydrogen (secondary N) is 2. The van der Waals surface area contributed by atoms with Crippen LogP contribution in [0.4, 0.5) is 5.82 Å². The van der Waals surface area contributed by atoms with Gasteiger partial charge in [0.05, 0.1) is 23.4 Å². The Labute approximate surface area is 232 Å². The van der Waals surface area contributed by atoms with E-state index in [1.54, 1.807) is 19.2 Å². The van der Waals surface area contributed by atoms with Crippen molar-refractivity contribution in [2.45, 2.75) is 51.4 Å². The number of benzene rings is 1. The van der Waals surface area contributed by atoms with Gasteiger partial charge in [0.1, 0.15) is 11.9 Å². The van der Waals surface area contributed by atoms with Crippen molar-refractivity contribution in [3.8, 4) is 11.1 Å². The van der Waals surface area contributed by atoms with Crippen LogP contribution in [0.1, 0.15) is 53.1 Å². The third-order valence-electron chi connectivity index (χ3n) is 7.29. The number of pyridine rings is 2. The van der Waals surface area contributed by atoms with Crippen molar-refractivity contribution in [1.29, 1.82) is 0 Å². The van der Waals surface area contributed by atoms with Crippen LogP contribution in [-0.2, 0) is 16.1 Å². The highest BCUT2D eigenvalue weighted by molar-refractivity contribution is 6.33. The highest BCUT2D eigenvalue weighted by Gasteiger charge is 2.35. The Morgan fingerprint density at radius 1 is 1.21 bits per heavy atom. The molecule has 1 saturated heterocycles. The molecular formula is C29H32ClN5O4. The number of fused-ring (bicyclic) bond motifs is 1. The van der Waals surface area contributed by atoms with Gasteiger partial charge < -0.3 is 25.4 Å². The first-order valence-corrected chi connectivity index (χ1v) is 13.5. The van der Waals surface area contributed by atoms with Gasteiger partial charge in [0, 0.05) is 48.8 Å². The minimum atomic E-state index is -0.744. The van der Waals surface area contributed by atoms with E-state index in [1.807, 2.05) is 43.3 Å². The van der Waals surface area contributed by atoms with Crippen molar-refractivity contribution in [3.05, 3.63) is 76.2 Å². The van der Waals surface area contributed by atoms with Crippen LogP contribution in [0.2, 0.25) is 5.02 Å². The van der Waals surface area contributed by atoms with Crippen LogP contribution in [-0.4, -0.2) is 63.7 Å². The Hall–Kier alpha value is -3.53. The fourth-order valence-corrected chi connectivity index (χ4v) is 5.21. The zero-order chi connectivity index (χ0) is 27.5. The van der Waals surface area contributed by atoms with Gasteiger partial charge in [-0.15, -0.1) is 0 Å². The minimum Gasteiger partial charge on any atom is -0.394 e. The van der Waals surface area contributed by atoms with Crippen LogP contribution < -0.4 is 10.6 Å². The molecule has 5 rings (SSSR count). The molecule has 2 unspecified atom stereocenters. The zero-order valence-electron chi connectivity index (χ0n) is 22.0. The summed E-state index contributed by atoms with van der Waals surface area (Å²) in [6.45, 7) is 5.00. The molecule has 0 bridgehead atoms. The van der Waals surface area contributed by atoms with Gasteiger partial charge in [-0.2, -0.15) is 0 Å². The van der Waals surface area contributed by atoms with E-state index in [4.69, 9.17) is 16.3 Å². The number of hydrogen-bond acceptors (Lipinski definition) is 7. The first-order chi connectivity index (χ1) is 18.8. The molecule has 3 aromatic rings. The van der Waals surface area contributed by atoms with Crippen molar-refractivity contribution >= 4 is 29.2 Å². The molecule has 4 heterocycles. The Morgan fingerprint density at radius 3 is 2.74 bits per heavy atom. The summed E-state index contributed by atoms with van der Waals surface area (Å²) in [5.74, 6) is 0.135. The van der Waals surface area contributed by atoms with Gasteiger partial charge in [-0.25, -0.2) is 4.98 Å². The number of ether oxygens (including phenoxy) is 1. The van der Waals surface area contributed by atoms with Gasteiger partial charge in [-0.1, -0.05) is 29.8 Å². The van der Waals surface area contributed by atoms with E-state index in [9.17, 15) is 14.7 Å². The molecule has 0 aliphatic carbocycles. The third kappa shape index (κ3) is 5.90. The predicted octanol–water partition coefficient (Wildman–Crippen LogP) is 3.89. The van der Waals surface area contributed by atoms with Gasteiger partial charge >= 0.3 is 0 Å². The largest absolute Gasteiger partial charge is 0.394 e. The second-order valence-electron chi connectivity index (χ2n) is 10.0. The Morgan fingerprint density at radius 2 is 2.00 bits per heavy atom. The van der Waals surface area contributed by atoms with E-state index in [0.717, 1.165) is 54.3 Å². The van der Waals surface area contributed by atoms with Crippen molar-refractivity contribution in [1.82, 2.24) is 20.2 Å². The molecule has 9 nitrogen and oxygen atoms in total. The summed E-state index contributed by atoms with van der Waals surface area (Å²) >= 11 is 6.52. The summed E-state index contributed by atoms with van der Waals surface area (Å²) in [5.41, 5.74) is 4.31. The van der Waals surface area contributed by atoms with Crippen LogP contribution >= 0.6 is 11.6 Å². The number of aliphatic hydroxyl groups is 1. The predicted molar refractivity (Wildman–Crippen MR) is 148 cm³/mol. The first kappa shape index (κ1) is 27.1. The Bertz CT molecular complexity index is 1380. The number of amides is 2. The number of nitrogens with zero attached hydrogens (tertiary/aromatic N) is 3. The highest BCUT2D eigenvalue weighted by Crippen LogP contribution is 2.34. The zero-order valence-corrected chi connectivity index (χ0v) is 22.7. The first-order valence-electron chi connectivity index (χ1n) is 13.1. The molecule has 10 heteroatoms. The number of anilines is 1. The topological polar surface area (TPSA) is 117 Å². The van der Waals surface area contributed by atoms with E-state index in [1.165, 1.54) is 4.90 Å². The normalized spacial score (nSPS) is 17.0. The van der Waals surface area contributed by atoms with Crippen LogP contribution in [0.15, 0.2) is 48.7 Å². The standard InChI is InChI=1S/C29H32ClN5O4/c1-17-4-3-5-25(32-17)26(16-36)34-28(37)18(2)35-15-20-7-6-19(12-23(20)29(35)38)22-13-27(31-14-24(22)30)33-21-8-10-39-11-9-21/h3-7,12-14,18,21,26,36H,8-11,15-16H2,1-2H3,(H,31,33)(H,34,37). The van der Waals surface area contributed by atoms with Crippen LogP contribution in [0.5, 0.6) is 0 Å². The number of carbonyl (C=O) groups is 2. The van der Waals surface area contributed by atoms with Crippen molar-refractivity contribution < 1.29 is 19.4 Å². The number of carbonyl (C=O) groups excluding carboxylic acids is 2. The number of rotatable bonds is 8. The fraction of sp³-hybridized carbons (Fsp3) is 0.379. The van der Waals surface area contributed by atoms with Crippen LogP contribution in [0, 0.1) is 6.92 Å². The van der Waals surface area contributed by atoms with Gasteiger partial charge in [0.25, 0.3) is 5.91 Å². The van der Waals surface area contributed by atoms with Crippen molar-refractivity contribution in [3.63, 3.8) is 0 Å². The molecule has 204 valence electrons. The SMILES string of the molecule is Cc1cccc(C(CO)NC(=O)C(C)N2Cc3ccc(-c4cc(NC5CCOCC5)ncc4Cl)cc3C2=O)n1. The number of aliphatic hydroxyl groups excluding tert-OH is 1. The van der Waals surface area contributed by atoms with Crippen molar-refractivity contribution in [2.75, 3.05) is 25.1 Å². The smallest absolute Gasteiger partial charge is 0.255 e. The van der Waals surface area contributed by atoms with Gasteiger partial charge in [0.15, 0.2) is 0 Å². The molecule has 1 aromatic carbocycles. The molecule has 39 heavy (non-hydrogen) atoms. The van der Waals surface area contributed by atoms with E-state index < -0.39 is 12.1 Å². The van der Waals surface area contributed by atoms with E-state index in [-0.39, 0.29) is 24.5 Å². The van der Waals surface area contributed by atoms with E-state index in [2.05, 4.69) is 20.6 Å². The van der Waals surface area contributed by atoms with Gasteiger partial charge in [-0.05, 0) is 62.1 Å². The summed E-state index contributed by atoms with van der Waals surface area (Å²) < 4.78 is 5.44. The molecular weight excluding hydrogens is 518 g/mol. The van der Waals surface area contributed by atoms with E-state index in [0.29, 0.717) is 22.8 Å². The molecule has 1 fully saturated rings. The molecule has 2 atom stereocenters. The maximum atomic E-state index is 13.4. The van der Waals surface area contributed by atoms with Crippen LogP contribution in [0.25, 0.3) is 11.1 Å². The molecule has 3 N–H and O–H groups in total. The van der Waals surface area contributed by atoms with E-state index >= 15 is 0 Å². The summed E-state index contributed by atoms with van der Waals surface area (Å²) in [7, 11) is 0. The number of halogens is 1. The molecule has 0 radical (unpaired) electrons. The summed E-state index contributed by atoms with van der Waals surface area (Å²) in [6.07, 6.45) is 3.44. The maximum Gasteiger partial charge on any atom is 0.255 e. The molecule has 2 aliphatic heterocycles. The number of hydrogen-bond donors (Lipinski definition) is 3. The maximum absolute atomic E-state index is 13.4. The lowest BCUT2D eigenvalue weighted by atomic mass is 10.0. The lowest BCUT2D eigenvalue weighted by molar-refractivity contribution is -0.126. The minimum absolute atomic E-state index is 0.227. The fourth-order valence-electron chi connectivity index (χ4n) is 5.00. The second-order valence-corrected chi connectivity index (χ2v) is 10.4. The van der Waals surface area contributed by atoms with Crippen molar-refractivity contribution in [2.24, 2.45) is 0 Å². The second kappa shape index (κ2) is 11.7. The lowest BCUT2D eigenvalue weighted by Gasteiger charge is -2.25.